The van der Waals surface area contributed by atoms with E-state index in [-0.39, 0.29) is 11.9 Å². The zero-order valence-electron chi connectivity index (χ0n) is 13.4. The number of nitrogens with one attached hydrogen (secondary N) is 2. The second kappa shape index (κ2) is 8.17. The van der Waals surface area contributed by atoms with Crippen LogP contribution in [0.1, 0.15) is 24.5 Å². The molecule has 1 amide bonds. The molecule has 0 bridgehead atoms. The molecule has 1 saturated heterocycles. The Morgan fingerprint density at radius 2 is 2.17 bits per heavy atom. The number of likely N-dealkylation sites (tertiary alicyclic amines) is 1. The number of aliphatic hydroxyl groups excluding tert-OH is 1. The number of hydrogen-bond donors (Lipinski definition) is 3. The summed E-state index contributed by atoms with van der Waals surface area (Å²) >= 11 is 5.84. The van der Waals surface area contributed by atoms with Crippen LogP contribution in [0.15, 0.2) is 29.3 Å². The number of likely N-dealkylation sites (N-methyl/N-ethyl adjacent to an activating group) is 1. The molecule has 23 heavy (non-hydrogen) atoms. The highest BCUT2D eigenvalue weighted by molar-refractivity contribution is 6.30. The number of guanidine groups is 1. The van der Waals surface area contributed by atoms with Crippen molar-refractivity contribution >= 4 is 23.5 Å². The van der Waals surface area contributed by atoms with E-state index in [0.717, 1.165) is 12.0 Å². The monoisotopic (exact) mass is 338 g/mol. The molecule has 1 aromatic rings. The van der Waals surface area contributed by atoms with Crippen molar-refractivity contribution in [1.29, 1.82) is 0 Å². The van der Waals surface area contributed by atoms with Crippen LogP contribution >= 0.6 is 11.6 Å². The summed E-state index contributed by atoms with van der Waals surface area (Å²) in [7, 11) is 3.48. The van der Waals surface area contributed by atoms with Gasteiger partial charge in [-0.1, -0.05) is 23.7 Å². The molecule has 6 nitrogen and oxygen atoms in total. The van der Waals surface area contributed by atoms with Crippen LogP contribution in [0, 0.1) is 0 Å². The topological polar surface area (TPSA) is 77.0 Å². The molecular formula is C16H23ClN4O2. The fourth-order valence-electron chi connectivity index (χ4n) is 2.51. The first-order chi connectivity index (χ1) is 11.0. The molecule has 0 aliphatic carbocycles. The van der Waals surface area contributed by atoms with Crippen LogP contribution in [0.25, 0.3) is 0 Å². The van der Waals surface area contributed by atoms with Gasteiger partial charge < -0.3 is 20.6 Å². The molecule has 1 aliphatic rings. The van der Waals surface area contributed by atoms with Gasteiger partial charge in [0, 0.05) is 44.7 Å². The Balaban J connectivity index is 1.83. The zero-order chi connectivity index (χ0) is 16.8. The third-order valence-corrected chi connectivity index (χ3v) is 4.16. The number of nitrogens with zero attached hydrogens (tertiary/aromatic N) is 2. The number of amides is 1. The molecular weight excluding hydrogens is 316 g/mol. The lowest BCUT2D eigenvalue weighted by Crippen LogP contribution is -2.52. The standard InChI is InChI=1S/C16H23ClN4O2/c1-18-16(20-13-7-8-15(23)21(2)10-13)19-9-14(22)11-3-5-12(17)6-4-11/h3-6,13-14,22H,7-10H2,1-2H3,(H2,18,19,20). The zero-order valence-corrected chi connectivity index (χ0v) is 14.2. The average molecular weight is 339 g/mol. The number of rotatable bonds is 4. The van der Waals surface area contributed by atoms with Gasteiger partial charge in [0.25, 0.3) is 0 Å². The summed E-state index contributed by atoms with van der Waals surface area (Å²) in [6.45, 7) is 0.988. The van der Waals surface area contributed by atoms with Crippen LogP contribution in [-0.2, 0) is 4.79 Å². The van der Waals surface area contributed by atoms with Gasteiger partial charge in [0.2, 0.25) is 5.91 Å². The number of halogens is 1. The van der Waals surface area contributed by atoms with Crippen molar-refractivity contribution in [3.8, 4) is 0 Å². The van der Waals surface area contributed by atoms with Crippen LogP contribution < -0.4 is 10.6 Å². The molecule has 1 heterocycles. The molecule has 3 N–H and O–H groups in total. The quantitative estimate of drug-likeness (QED) is 0.569. The van der Waals surface area contributed by atoms with E-state index >= 15 is 0 Å². The van der Waals surface area contributed by atoms with Gasteiger partial charge in [0.05, 0.1) is 6.10 Å². The van der Waals surface area contributed by atoms with Gasteiger partial charge in [-0.2, -0.15) is 0 Å². The number of aliphatic imine (C=N–C) groups is 1. The number of piperidine rings is 1. The van der Waals surface area contributed by atoms with Crippen molar-refractivity contribution in [2.45, 2.75) is 25.0 Å². The Morgan fingerprint density at radius 3 is 2.78 bits per heavy atom. The second-order valence-electron chi connectivity index (χ2n) is 5.67. The Labute approximate surface area is 141 Å². The van der Waals surface area contributed by atoms with Crippen LogP contribution in [0.4, 0.5) is 0 Å². The van der Waals surface area contributed by atoms with Crippen molar-refractivity contribution < 1.29 is 9.90 Å². The average Bonchev–Trinajstić information content (AvgIpc) is 2.55. The molecule has 2 atom stereocenters. The summed E-state index contributed by atoms with van der Waals surface area (Å²) in [6.07, 6.45) is 0.670. The van der Waals surface area contributed by atoms with Gasteiger partial charge in [0.15, 0.2) is 5.96 Å². The summed E-state index contributed by atoms with van der Waals surface area (Å²) in [5.74, 6) is 0.787. The Bertz CT molecular complexity index is 562. The first-order valence-corrected chi connectivity index (χ1v) is 8.02. The Hall–Kier alpha value is -1.79. The van der Waals surface area contributed by atoms with E-state index in [4.69, 9.17) is 11.6 Å². The third kappa shape index (κ3) is 5.11. The van der Waals surface area contributed by atoms with Crippen molar-refractivity contribution in [2.24, 2.45) is 4.99 Å². The van der Waals surface area contributed by atoms with E-state index in [1.807, 2.05) is 0 Å². The summed E-state index contributed by atoms with van der Waals surface area (Å²) in [5, 5.41) is 17.2. The molecule has 2 rings (SSSR count). The highest BCUT2D eigenvalue weighted by Crippen LogP contribution is 2.15. The smallest absolute Gasteiger partial charge is 0.222 e. The van der Waals surface area contributed by atoms with Gasteiger partial charge in [-0.15, -0.1) is 0 Å². The maximum Gasteiger partial charge on any atom is 0.222 e. The number of carbonyl (C=O) groups is 1. The van der Waals surface area contributed by atoms with Gasteiger partial charge in [-0.25, -0.2) is 0 Å². The van der Waals surface area contributed by atoms with E-state index in [2.05, 4.69) is 15.6 Å². The normalized spacial score (nSPS) is 20.3. The Morgan fingerprint density at radius 1 is 1.48 bits per heavy atom. The summed E-state index contributed by atoms with van der Waals surface area (Å²) in [5.41, 5.74) is 0.792. The van der Waals surface area contributed by atoms with Crippen LogP contribution in [0.5, 0.6) is 0 Å². The van der Waals surface area contributed by atoms with E-state index in [1.54, 1.807) is 43.3 Å². The van der Waals surface area contributed by atoms with Gasteiger partial charge in [-0.3, -0.25) is 9.79 Å². The van der Waals surface area contributed by atoms with Crippen LogP contribution in [0.3, 0.4) is 0 Å². The maximum absolute atomic E-state index is 11.5. The van der Waals surface area contributed by atoms with E-state index in [1.165, 1.54) is 0 Å². The van der Waals surface area contributed by atoms with Crippen molar-refractivity contribution in [3.05, 3.63) is 34.9 Å². The minimum Gasteiger partial charge on any atom is -0.387 e. The molecule has 0 radical (unpaired) electrons. The molecule has 1 fully saturated rings. The molecule has 0 aromatic heterocycles. The molecule has 7 heteroatoms. The Kier molecular flexibility index (Phi) is 6.24. The second-order valence-corrected chi connectivity index (χ2v) is 6.11. The first-order valence-electron chi connectivity index (χ1n) is 7.64. The SMILES string of the molecule is CN=C(NCC(O)c1ccc(Cl)cc1)NC1CCC(=O)N(C)C1. The summed E-state index contributed by atoms with van der Waals surface area (Å²) < 4.78 is 0. The summed E-state index contributed by atoms with van der Waals surface area (Å²) in [6, 6.07) is 7.26. The van der Waals surface area contributed by atoms with Crippen LogP contribution in [-0.4, -0.2) is 55.1 Å². The largest absolute Gasteiger partial charge is 0.387 e. The highest BCUT2D eigenvalue weighted by Gasteiger charge is 2.23. The van der Waals surface area contributed by atoms with E-state index in [0.29, 0.717) is 30.5 Å². The van der Waals surface area contributed by atoms with E-state index < -0.39 is 6.10 Å². The lowest BCUT2D eigenvalue weighted by molar-refractivity contribution is -0.132. The fraction of sp³-hybridized carbons (Fsp3) is 0.500. The molecule has 126 valence electrons. The predicted octanol–water partition coefficient (Wildman–Crippen LogP) is 1.16. The molecule has 1 aliphatic heterocycles. The summed E-state index contributed by atoms with van der Waals surface area (Å²) in [4.78, 5) is 17.4. The fourth-order valence-corrected chi connectivity index (χ4v) is 2.64. The lowest BCUT2D eigenvalue weighted by atomic mass is 10.1. The van der Waals surface area contributed by atoms with Gasteiger partial charge in [-0.05, 0) is 24.1 Å². The van der Waals surface area contributed by atoms with E-state index in [9.17, 15) is 9.90 Å². The van der Waals surface area contributed by atoms with Crippen molar-refractivity contribution in [3.63, 3.8) is 0 Å². The van der Waals surface area contributed by atoms with Gasteiger partial charge in [0.1, 0.15) is 0 Å². The van der Waals surface area contributed by atoms with Crippen molar-refractivity contribution in [1.82, 2.24) is 15.5 Å². The number of benzene rings is 1. The number of aliphatic hydroxyl groups is 1. The lowest BCUT2D eigenvalue weighted by Gasteiger charge is -2.31. The number of carbonyl (C=O) groups excluding carboxylic acids is 1. The van der Waals surface area contributed by atoms with Gasteiger partial charge >= 0.3 is 0 Å². The molecule has 0 spiro atoms. The highest BCUT2D eigenvalue weighted by atomic mass is 35.5. The third-order valence-electron chi connectivity index (χ3n) is 3.91. The molecule has 2 unspecified atom stereocenters. The molecule has 0 saturated carbocycles. The minimum absolute atomic E-state index is 0.163. The molecule has 1 aromatic carbocycles. The van der Waals surface area contributed by atoms with Crippen LogP contribution in [0.2, 0.25) is 5.02 Å². The number of hydrogen-bond acceptors (Lipinski definition) is 3. The minimum atomic E-state index is -0.651. The maximum atomic E-state index is 11.5. The van der Waals surface area contributed by atoms with Crippen molar-refractivity contribution in [2.75, 3.05) is 27.2 Å². The predicted molar refractivity (Wildman–Crippen MR) is 91.6 cm³/mol. The first kappa shape index (κ1) is 17.6.